The number of hydrogen-bond donors (Lipinski definition) is 1. The summed E-state index contributed by atoms with van der Waals surface area (Å²) < 4.78 is 7.46. The predicted molar refractivity (Wildman–Crippen MR) is 68.5 cm³/mol. The van der Waals surface area contributed by atoms with Crippen LogP contribution in [-0.2, 0) is 11.3 Å². The summed E-state index contributed by atoms with van der Waals surface area (Å²) in [6, 6.07) is 1.60. The molecule has 90 valence electrons. The second kappa shape index (κ2) is 6.06. The quantitative estimate of drug-likeness (QED) is 0.842. The van der Waals surface area contributed by atoms with Crippen molar-refractivity contribution in [2.24, 2.45) is 5.92 Å². The van der Waals surface area contributed by atoms with Crippen LogP contribution in [0.5, 0.6) is 0 Å². The van der Waals surface area contributed by atoms with Crippen LogP contribution in [0.2, 0.25) is 0 Å². The molecule has 1 rings (SSSR count). The van der Waals surface area contributed by atoms with Gasteiger partial charge in [0.15, 0.2) is 0 Å². The first kappa shape index (κ1) is 13.3. The van der Waals surface area contributed by atoms with Gasteiger partial charge in [0.1, 0.15) is 0 Å². The monoisotopic (exact) mass is 288 g/mol. The van der Waals surface area contributed by atoms with Crippen molar-refractivity contribution >= 4 is 21.6 Å². The fraction of sp³-hybridized carbons (Fsp3) is 0.545. The number of anilines is 1. The second-order valence-corrected chi connectivity index (χ2v) is 4.94. The number of nitrogen functional groups attached to an aromatic ring is 1. The molecule has 4 nitrogen and oxygen atoms in total. The Morgan fingerprint density at radius 3 is 2.88 bits per heavy atom. The Morgan fingerprint density at radius 1 is 1.56 bits per heavy atom. The normalized spacial score (nSPS) is 11.0. The molecular formula is C11H17BrN2O2. The highest BCUT2D eigenvalue weighted by molar-refractivity contribution is 9.10. The number of halogens is 1. The van der Waals surface area contributed by atoms with E-state index >= 15 is 0 Å². The molecule has 0 aliphatic heterocycles. The molecule has 0 amide bonds. The molecule has 1 aromatic rings. The number of hydrogen-bond acceptors (Lipinski definition) is 3. The van der Waals surface area contributed by atoms with E-state index in [2.05, 4.69) is 29.8 Å². The van der Waals surface area contributed by atoms with E-state index in [9.17, 15) is 4.79 Å². The molecule has 0 aliphatic carbocycles. The zero-order valence-electron chi connectivity index (χ0n) is 9.57. The van der Waals surface area contributed by atoms with Gasteiger partial charge in [0.25, 0.3) is 5.56 Å². The summed E-state index contributed by atoms with van der Waals surface area (Å²) in [4.78, 5) is 11.7. The topological polar surface area (TPSA) is 57.2 Å². The molecule has 5 heteroatoms. The number of aromatic nitrogens is 1. The number of pyridine rings is 1. The van der Waals surface area contributed by atoms with E-state index in [1.807, 2.05) is 0 Å². The van der Waals surface area contributed by atoms with Crippen LogP contribution < -0.4 is 11.3 Å². The number of nitrogens with zero attached hydrogens (tertiary/aromatic N) is 1. The highest BCUT2D eigenvalue weighted by atomic mass is 79.9. The smallest absolute Gasteiger partial charge is 0.265 e. The van der Waals surface area contributed by atoms with Gasteiger partial charge in [-0.15, -0.1) is 0 Å². The van der Waals surface area contributed by atoms with E-state index < -0.39 is 0 Å². The van der Waals surface area contributed by atoms with Crippen molar-refractivity contribution in [2.75, 3.05) is 18.9 Å². The van der Waals surface area contributed by atoms with Crippen LogP contribution in [0.15, 0.2) is 21.5 Å². The lowest BCUT2D eigenvalue weighted by Gasteiger charge is -2.09. The van der Waals surface area contributed by atoms with Crippen LogP contribution >= 0.6 is 15.9 Å². The Bertz CT molecular complexity index is 401. The molecule has 0 spiro atoms. The third-order valence-electron chi connectivity index (χ3n) is 1.99. The van der Waals surface area contributed by atoms with Crippen molar-refractivity contribution < 1.29 is 4.74 Å². The SMILES string of the molecule is CC(C)COCCn1cc(N)cc(Br)c1=O. The first-order valence-electron chi connectivity index (χ1n) is 5.24. The van der Waals surface area contributed by atoms with E-state index in [-0.39, 0.29) is 5.56 Å². The summed E-state index contributed by atoms with van der Waals surface area (Å²) >= 11 is 3.17. The van der Waals surface area contributed by atoms with Crippen molar-refractivity contribution in [1.29, 1.82) is 0 Å². The maximum absolute atomic E-state index is 11.7. The average Bonchev–Trinajstić information content (AvgIpc) is 2.19. The molecule has 0 aliphatic rings. The van der Waals surface area contributed by atoms with E-state index in [1.54, 1.807) is 16.8 Å². The third kappa shape index (κ3) is 3.98. The number of nitrogens with two attached hydrogens (primary N) is 1. The lowest BCUT2D eigenvalue weighted by molar-refractivity contribution is 0.102. The fourth-order valence-electron chi connectivity index (χ4n) is 1.27. The Hall–Kier alpha value is -0.810. The molecule has 16 heavy (non-hydrogen) atoms. The third-order valence-corrected chi connectivity index (χ3v) is 2.56. The molecule has 0 atom stereocenters. The van der Waals surface area contributed by atoms with E-state index in [0.29, 0.717) is 35.8 Å². The minimum atomic E-state index is -0.0812. The second-order valence-electron chi connectivity index (χ2n) is 4.09. The van der Waals surface area contributed by atoms with Gasteiger partial charge in [-0.25, -0.2) is 0 Å². The molecule has 1 heterocycles. The summed E-state index contributed by atoms with van der Waals surface area (Å²) in [5, 5.41) is 0. The van der Waals surface area contributed by atoms with Gasteiger partial charge < -0.3 is 15.0 Å². The Balaban J connectivity index is 2.57. The predicted octanol–water partition coefficient (Wildman–Crippen LogP) is 1.87. The standard InChI is InChI=1S/C11H17BrN2O2/c1-8(2)7-16-4-3-14-6-9(13)5-10(12)11(14)15/h5-6,8H,3-4,7,13H2,1-2H3. The van der Waals surface area contributed by atoms with Crippen LogP contribution in [0.1, 0.15) is 13.8 Å². The Morgan fingerprint density at radius 2 is 2.25 bits per heavy atom. The minimum absolute atomic E-state index is 0.0812. The zero-order chi connectivity index (χ0) is 12.1. The van der Waals surface area contributed by atoms with Crippen LogP contribution in [0, 0.1) is 5.92 Å². The molecule has 0 unspecified atom stereocenters. The number of ether oxygens (including phenoxy) is 1. The van der Waals surface area contributed by atoms with Gasteiger partial charge >= 0.3 is 0 Å². The van der Waals surface area contributed by atoms with E-state index in [0.717, 1.165) is 0 Å². The summed E-state index contributed by atoms with van der Waals surface area (Å²) in [6.07, 6.45) is 1.63. The molecule has 1 aromatic heterocycles. The van der Waals surface area contributed by atoms with E-state index in [4.69, 9.17) is 10.5 Å². The zero-order valence-corrected chi connectivity index (χ0v) is 11.2. The first-order chi connectivity index (χ1) is 7.50. The Labute approximate surface area is 104 Å². The molecule has 0 aromatic carbocycles. The molecule has 0 bridgehead atoms. The van der Waals surface area contributed by atoms with Gasteiger partial charge in [-0.3, -0.25) is 4.79 Å². The van der Waals surface area contributed by atoms with Gasteiger partial charge in [0.05, 0.1) is 11.1 Å². The van der Waals surface area contributed by atoms with Gasteiger partial charge in [0.2, 0.25) is 0 Å². The summed E-state index contributed by atoms with van der Waals surface area (Å²) in [5.41, 5.74) is 6.13. The van der Waals surface area contributed by atoms with Gasteiger partial charge in [0, 0.05) is 25.0 Å². The molecular weight excluding hydrogens is 272 g/mol. The maximum atomic E-state index is 11.7. The van der Waals surface area contributed by atoms with Gasteiger partial charge in [-0.05, 0) is 27.9 Å². The first-order valence-corrected chi connectivity index (χ1v) is 6.03. The molecule has 0 saturated heterocycles. The summed E-state index contributed by atoms with van der Waals surface area (Å²) in [6.45, 7) is 5.92. The highest BCUT2D eigenvalue weighted by Crippen LogP contribution is 2.07. The van der Waals surface area contributed by atoms with Crippen molar-refractivity contribution in [2.45, 2.75) is 20.4 Å². The van der Waals surface area contributed by atoms with Crippen molar-refractivity contribution in [1.82, 2.24) is 4.57 Å². The highest BCUT2D eigenvalue weighted by Gasteiger charge is 2.02. The average molecular weight is 289 g/mol. The van der Waals surface area contributed by atoms with Crippen LogP contribution in [0.3, 0.4) is 0 Å². The fourth-order valence-corrected chi connectivity index (χ4v) is 1.76. The largest absolute Gasteiger partial charge is 0.398 e. The van der Waals surface area contributed by atoms with Crippen molar-refractivity contribution in [3.05, 3.63) is 27.1 Å². The van der Waals surface area contributed by atoms with Crippen molar-refractivity contribution in [3.8, 4) is 0 Å². The number of rotatable bonds is 5. The van der Waals surface area contributed by atoms with Gasteiger partial charge in [-0.1, -0.05) is 13.8 Å². The summed E-state index contributed by atoms with van der Waals surface area (Å²) in [5.74, 6) is 0.504. The molecule has 2 N–H and O–H groups in total. The lowest BCUT2D eigenvalue weighted by Crippen LogP contribution is -2.23. The van der Waals surface area contributed by atoms with Crippen LogP contribution in [-0.4, -0.2) is 17.8 Å². The molecule has 0 radical (unpaired) electrons. The van der Waals surface area contributed by atoms with Crippen LogP contribution in [0.25, 0.3) is 0 Å². The van der Waals surface area contributed by atoms with Gasteiger partial charge in [-0.2, -0.15) is 0 Å². The lowest BCUT2D eigenvalue weighted by atomic mass is 10.2. The van der Waals surface area contributed by atoms with Crippen LogP contribution in [0.4, 0.5) is 5.69 Å². The Kier molecular flexibility index (Phi) is 5.02. The maximum Gasteiger partial charge on any atom is 0.265 e. The molecule has 0 saturated carbocycles. The minimum Gasteiger partial charge on any atom is -0.398 e. The summed E-state index contributed by atoms with van der Waals surface area (Å²) in [7, 11) is 0. The molecule has 0 fully saturated rings. The van der Waals surface area contributed by atoms with Crippen molar-refractivity contribution in [3.63, 3.8) is 0 Å². The van der Waals surface area contributed by atoms with E-state index in [1.165, 1.54) is 0 Å².